The number of nitrogens with one attached hydrogen (secondary N) is 2. The van der Waals surface area contributed by atoms with E-state index >= 15 is 0 Å². The highest BCUT2D eigenvalue weighted by atomic mass is 35.5. The number of amides is 1. The summed E-state index contributed by atoms with van der Waals surface area (Å²) in [6.07, 6.45) is 1.28. The summed E-state index contributed by atoms with van der Waals surface area (Å²) < 4.78 is 0. The number of halogens is 1. The molecule has 2 aromatic carbocycles. The van der Waals surface area contributed by atoms with Gasteiger partial charge >= 0.3 is 0 Å². The Balaban J connectivity index is 0.00000264. The fourth-order valence-electron chi connectivity index (χ4n) is 2.39. The second-order valence-corrected chi connectivity index (χ2v) is 5.46. The van der Waals surface area contributed by atoms with E-state index in [0.29, 0.717) is 6.42 Å². The Morgan fingerprint density at radius 2 is 1.87 bits per heavy atom. The highest BCUT2D eigenvalue weighted by Gasteiger charge is 2.05. The van der Waals surface area contributed by atoms with Crippen molar-refractivity contribution >= 4 is 24.0 Å². The van der Waals surface area contributed by atoms with Crippen LogP contribution in [0.1, 0.15) is 30.0 Å². The molecule has 0 heterocycles. The van der Waals surface area contributed by atoms with E-state index in [1.165, 1.54) is 16.7 Å². The minimum atomic E-state index is 0. The fourth-order valence-corrected chi connectivity index (χ4v) is 2.39. The number of carbonyl (C=O) groups is 1. The lowest BCUT2D eigenvalue weighted by atomic mass is 10.0. The van der Waals surface area contributed by atoms with Crippen LogP contribution < -0.4 is 10.6 Å². The average molecular weight is 333 g/mol. The largest absolute Gasteiger partial charge is 0.326 e. The topological polar surface area (TPSA) is 41.1 Å². The first-order valence-corrected chi connectivity index (χ1v) is 7.83. The Morgan fingerprint density at radius 1 is 1.09 bits per heavy atom. The van der Waals surface area contributed by atoms with Crippen LogP contribution in [-0.4, -0.2) is 12.5 Å². The van der Waals surface area contributed by atoms with E-state index in [1.807, 2.05) is 30.3 Å². The Hall–Kier alpha value is -1.84. The number of hydrogen-bond donors (Lipinski definition) is 2. The van der Waals surface area contributed by atoms with Gasteiger partial charge in [-0.1, -0.05) is 43.3 Å². The molecule has 0 spiro atoms. The summed E-state index contributed by atoms with van der Waals surface area (Å²) in [6, 6.07) is 16.2. The Morgan fingerprint density at radius 3 is 2.61 bits per heavy atom. The third-order valence-electron chi connectivity index (χ3n) is 3.67. The Bertz CT molecular complexity index is 628. The van der Waals surface area contributed by atoms with Gasteiger partial charge in [0.15, 0.2) is 0 Å². The third kappa shape index (κ3) is 6.43. The molecule has 0 fully saturated rings. The molecule has 23 heavy (non-hydrogen) atoms. The lowest BCUT2D eigenvalue weighted by molar-refractivity contribution is -0.116. The van der Waals surface area contributed by atoms with Crippen molar-refractivity contribution in [2.75, 3.05) is 11.9 Å². The van der Waals surface area contributed by atoms with Gasteiger partial charge < -0.3 is 10.6 Å². The first-order chi connectivity index (χ1) is 10.7. The zero-order chi connectivity index (χ0) is 15.8. The number of hydrogen-bond acceptors (Lipinski definition) is 2. The third-order valence-corrected chi connectivity index (χ3v) is 3.67. The summed E-state index contributed by atoms with van der Waals surface area (Å²) in [5.74, 6) is 0.0591. The van der Waals surface area contributed by atoms with Crippen molar-refractivity contribution in [3.63, 3.8) is 0 Å². The molecule has 2 aromatic rings. The molecular formula is C19H25ClN2O. The molecule has 0 saturated heterocycles. The van der Waals surface area contributed by atoms with Crippen LogP contribution >= 0.6 is 12.4 Å². The lowest BCUT2D eigenvalue weighted by Crippen LogP contribution is -2.14. The van der Waals surface area contributed by atoms with Crippen LogP contribution in [0.5, 0.6) is 0 Å². The van der Waals surface area contributed by atoms with E-state index in [0.717, 1.165) is 25.2 Å². The van der Waals surface area contributed by atoms with Gasteiger partial charge in [0.25, 0.3) is 0 Å². The molecule has 0 aliphatic rings. The van der Waals surface area contributed by atoms with Gasteiger partial charge in [0.05, 0.1) is 0 Å². The van der Waals surface area contributed by atoms with Crippen molar-refractivity contribution in [1.82, 2.24) is 5.32 Å². The molecule has 4 heteroatoms. The van der Waals surface area contributed by atoms with Crippen molar-refractivity contribution in [2.45, 2.75) is 33.2 Å². The van der Waals surface area contributed by atoms with Crippen LogP contribution in [0.4, 0.5) is 5.69 Å². The minimum Gasteiger partial charge on any atom is -0.326 e. The van der Waals surface area contributed by atoms with Crippen molar-refractivity contribution in [3.8, 4) is 0 Å². The molecule has 0 unspecified atom stereocenters. The molecule has 1 amide bonds. The Kier molecular flexibility index (Phi) is 8.38. The van der Waals surface area contributed by atoms with Crippen molar-refractivity contribution < 1.29 is 4.79 Å². The van der Waals surface area contributed by atoms with Gasteiger partial charge in [0, 0.05) is 18.7 Å². The molecule has 0 radical (unpaired) electrons. The summed E-state index contributed by atoms with van der Waals surface area (Å²) in [6.45, 7) is 5.92. The van der Waals surface area contributed by atoms with Gasteiger partial charge in [-0.25, -0.2) is 0 Å². The van der Waals surface area contributed by atoms with Gasteiger partial charge in [0.1, 0.15) is 0 Å². The number of carbonyl (C=O) groups excluding carboxylic acids is 1. The van der Waals surface area contributed by atoms with Crippen LogP contribution in [0.2, 0.25) is 0 Å². The van der Waals surface area contributed by atoms with Crippen molar-refractivity contribution in [1.29, 1.82) is 0 Å². The molecule has 0 aliphatic carbocycles. The predicted molar refractivity (Wildman–Crippen MR) is 99.2 cm³/mol. The van der Waals surface area contributed by atoms with E-state index in [1.54, 1.807) is 0 Å². The average Bonchev–Trinajstić information content (AvgIpc) is 2.52. The first kappa shape index (κ1) is 19.2. The monoisotopic (exact) mass is 332 g/mol. The number of aryl methyl sites for hydroxylation is 2. The van der Waals surface area contributed by atoms with E-state index in [-0.39, 0.29) is 18.3 Å². The second-order valence-electron chi connectivity index (χ2n) is 5.46. The van der Waals surface area contributed by atoms with Crippen LogP contribution in [0, 0.1) is 6.92 Å². The summed E-state index contributed by atoms with van der Waals surface area (Å²) in [7, 11) is 0. The standard InChI is InChI=1S/C19H24N2O.ClH/c1-3-20-14-16-8-6-10-18(13-16)21-19(22)12-11-17-9-5-4-7-15(17)2;/h4-10,13,20H,3,11-12,14H2,1-2H3,(H,21,22);1H. The SMILES string of the molecule is CCNCc1cccc(NC(=O)CCc2ccccc2C)c1.Cl. The smallest absolute Gasteiger partial charge is 0.224 e. The summed E-state index contributed by atoms with van der Waals surface area (Å²) in [4.78, 5) is 12.1. The van der Waals surface area contributed by atoms with Gasteiger partial charge in [0.2, 0.25) is 5.91 Å². The molecular weight excluding hydrogens is 308 g/mol. The summed E-state index contributed by atoms with van der Waals surface area (Å²) in [5.41, 5.74) is 4.52. The van der Waals surface area contributed by atoms with Crippen molar-refractivity contribution in [3.05, 3.63) is 65.2 Å². The molecule has 3 nitrogen and oxygen atoms in total. The lowest BCUT2D eigenvalue weighted by Gasteiger charge is -2.09. The van der Waals surface area contributed by atoms with Crippen LogP contribution in [0.3, 0.4) is 0 Å². The Labute approximate surface area is 144 Å². The molecule has 0 aromatic heterocycles. The van der Waals surface area contributed by atoms with Gasteiger partial charge in [-0.05, 0) is 48.7 Å². The molecule has 0 saturated carbocycles. The zero-order valence-electron chi connectivity index (χ0n) is 13.8. The maximum Gasteiger partial charge on any atom is 0.224 e. The molecule has 0 aliphatic heterocycles. The van der Waals surface area contributed by atoms with Crippen LogP contribution in [-0.2, 0) is 17.8 Å². The maximum atomic E-state index is 12.1. The van der Waals surface area contributed by atoms with E-state index in [9.17, 15) is 4.79 Å². The first-order valence-electron chi connectivity index (χ1n) is 7.83. The van der Waals surface area contributed by atoms with E-state index in [2.05, 4.69) is 42.7 Å². The zero-order valence-corrected chi connectivity index (χ0v) is 14.6. The highest BCUT2D eigenvalue weighted by molar-refractivity contribution is 5.90. The predicted octanol–water partition coefficient (Wildman–Crippen LogP) is 4.10. The number of anilines is 1. The molecule has 0 bridgehead atoms. The minimum absolute atomic E-state index is 0. The van der Waals surface area contributed by atoms with Gasteiger partial charge in [-0.3, -0.25) is 4.79 Å². The number of benzene rings is 2. The van der Waals surface area contributed by atoms with E-state index in [4.69, 9.17) is 0 Å². The number of rotatable bonds is 7. The van der Waals surface area contributed by atoms with Crippen LogP contribution in [0.25, 0.3) is 0 Å². The highest BCUT2D eigenvalue weighted by Crippen LogP contribution is 2.13. The van der Waals surface area contributed by atoms with Crippen molar-refractivity contribution in [2.24, 2.45) is 0 Å². The van der Waals surface area contributed by atoms with Crippen LogP contribution in [0.15, 0.2) is 48.5 Å². The second kappa shape index (κ2) is 10.0. The maximum absolute atomic E-state index is 12.1. The fraction of sp³-hybridized carbons (Fsp3) is 0.316. The van der Waals surface area contributed by atoms with Gasteiger partial charge in [-0.15, -0.1) is 12.4 Å². The normalized spacial score (nSPS) is 10.0. The summed E-state index contributed by atoms with van der Waals surface area (Å²) in [5, 5.41) is 6.27. The molecule has 124 valence electrons. The quantitative estimate of drug-likeness (QED) is 0.801. The van der Waals surface area contributed by atoms with Gasteiger partial charge in [-0.2, -0.15) is 0 Å². The molecule has 2 N–H and O–H groups in total. The van der Waals surface area contributed by atoms with E-state index < -0.39 is 0 Å². The summed E-state index contributed by atoms with van der Waals surface area (Å²) >= 11 is 0. The molecule has 2 rings (SSSR count). The molecule has 0 atom stereocenters.